The number of carboxylic acids is 1. The van der Waals surface area contributed by atoms with E-state index in [4.69, 9.17) is 14.6 Å². The Kier molecular flexibility index (Phi) is 6.41. The standard InChI is InChI=1S/C19H18BrNO5S/c1-2-25-16-9-12(17-21-14(10-27-17)18(22)23)5-8-15(16)26-19(24)11-3-6-13(20)7-4-11/h3-9,14,17,21H,2,10H2,1H3,(H,22,23)/t14-,17-/m1/s1. The fraction of sp³-hybridized carbons (Fsp3) is 0.263. The first kappa shape index (κ1) is 19.7. The van der Waals surface area contributed by atoms with Gasteiger partial charge in [-0.15, -0.1) is 11.8 Å². The number of nitrogens with one attached hydrogen (secondary N) is 1. The smallest absolute Gasteiger partial charge is 0.343 e. The largest absolute Gasteiger partial charge is 0.490 e. The van der Waals surface area contributed by atoms with E-state index in [1.165, 1.54) is 11.8 Å². The number of carbonyl (C=O) groups excluding carboxylic acids is 1. The summed E-state index contributed by atoms with van der Waals surface area (Å²) in [6.45, 7) is 2.26. The number of esters is 1. The van der Waals surface area contributed by atoms with Crippen LogP contribution in [0.5, 0.6) is 11.5 Å². The lowest BCUT2D eigenvalue weighted by Crippen LogP contribution is -2.33. The van der Waals surface area contributed by atoms with E-state index in [0.29, 0.717) is 29.4 Å². The van der Waals surface area contributed by atoms with E-state index in [1.807, 2.05) is 13.0 Å². The number of hydrogen-bond acceptors (Lipinski definition) is 6. The van der Waals surface area contributed by atoms with Crippen molar-refractivity contribution in [3.63, 3.8) is 0 Å². The molecule has 142 valence electrons. The summed E-state index contributed by atoms with van der Waals surface area (Å²) < 4.78 is 12.0. The van der Waals surface area contributed by atoms with Crippen molar-refractivity contribution in [2.24, 2.45) is 0 Å². The van der Waals surface area contributed by atoms with Crippen LogP contribution < -0.4 is 14.8 Å². The zero-order valence-corrected chi connectivity index (χ0v) is 16.9. The van der Waals surface area contributed by atoms with Crippen LogP contribution >= 0.6 is 27.7 Å². The predicted octanol–water partition coefficient (Wildman–Crippen LogP) is 3.86. The molecule has 1 saturated heterocycles. The van der Waals surface area contributed by atoms with Gasteiger partial charge in [0.25, 0.3) is 0 Å². The number of benzene rings is 2. The first-order chi connectivity index (χ1) is 13.0. The van der Waals surface area contributed by atoms with Crippen molar-refractivity contribution in [1.82, 2.24) is 5.32 Å². The quantitative estimate of drug-likeness (QED) is 0.509. The van der Waals surface area contributed by atoms with E-state index in [0.717, 1.165) is 10.0 Å². The molecule has 1 aliphatic rings. The summed E-state index contributed by atoms with van der Waals surface area (Å²) in [7, 11) is 0. The number of carbonyl (C=O) groups is 2. The number of hydrogen-bond donors (Lipinski definition) is 2. The summed E-state index contributed by atoms with van der Waals surface area (Å²) >= 11 is 4.85. The molecule has 0 saturated carbocycles. The maximum absolute atomic E-state index is 12.4. The van der Waals surface area contributed by atoms with Gasteiger partial charge in [0.15, 0.2) is 11.5 Å². The molecule has 0 unspecified atom stereocenters. The van der Waals surface area contributed by atoms with Gasteiger partial charge in [-0.25, -0.2) is 4.79 Å². The summed E-state index contributed by atoms with van der Waals surface area (Å²) in [5, 5.41) is 12.0. The fourth-order valence-corrected chi connectivity index (χ4v) is 4.08. The van der Waals surface area contributed by atoms with E-state index in [1.54, 1.807) is 36.4 Å². The first-order valence-corrected chi connectivity index (χ1v) is 10.2. The Morgan fingerprint density at radius 2 is 1.96 bits per heavy atom. The highest BCUT2D eigenvalue weighted by Gasteiger charge is 2.30. The number of carboxylic acid groups (broad SMARTS) is 1. The molecule has 27 heavy (non-hydrogen) atoms. The summed E-state index contributed by atoms with van der Waals surface area (Å²) in [4.78, 5) is 23.5. The Labute approximate surface area is 169 Å². The minimum Gasteiger partial charge on any atom is -0.490 e. The molecule has 0 aliphatic carbocycles. The zero-order chi connectivity index (χ0) is 19.4. The number of halogens is 1. The average Bonchev–Trinajstić information content (AvgIpc) is 3.14. The summed E-state index contributed by atoms with van der Waals surface area (Å²) in [5.74, 6) is -0.0805. The van der Waals surface area contributed by atoms with Gasteiger partial charge in [-0.3, -0.25) is 10.1 Å². The lowest BCUT2D eigenvalue weighted by Gasteiger charge is -2.16. The van der Waals surface area contributed by atoms with E-state index >= 15 is 0 Å². The molecule has 6 nitrogen and oxygen atoms in total. The highest BCUT2D eigenvalue weighted by molar-refractivity contribution is 9.10. The van der Waals surface area contributed by atoms with Gasteiger partial charge < -0.3 is 14.6 Å². The number of thioether (sulfide) groups is 1. The second-order valence-corrected chi connectivity index (χ2v) is 7.86. The normalized spacial score (nSPS) is 18.9. The monoisotopic (exact) mass is 451 g/mol. The Morgan fingerprint density at radius 3 is 2.59 bits per heavy atom. The van der Waals surface area contributed by atoms with E-state index in [-0.39, 0.29) is 5.37 Å². The van der Waals surface area contributed by atoms with Crippen molar-refractivity contribution in [3.05, 3.63) is 58.1 Å². The number of rotatable bonds is 6. The minimum atomic E-state index is -0.866. The molecule has 1 aliphatic heterocycles. The van der Waals surface area contributed by atoms with E-state index in [9.17, 15) is 9.59 Å². The van der Waals surface area contributed by atoms with Crippen LogP contribution in [0.3, 0.4) is 0 Å². The maximum atomic E-state index is 12.4. The zero-order valence-electron chi connectivity index (χ0n) is 14.5. The van der Waals surface area contributed by atoms with Gasteiger partial charge in [0.2, 0.25) is 0 Å². The highest BCUT2D eigenvalue weighted by Crippen LogP contribution is 2.37. The second-order valence-electron chi connectivity index (χ2n) is 5.81. The number of ether oxygens (including phenoxy) is 2. The predicted molar refractivity (Wildman–Crippen MR) is 106 cm³/mol. The summed E-state index contributed by atoms with van der Waals surface area (Å²) in [6.07, 6.45) is 0. The molecule has 3 rings (SSSR count). The van der Waals surface area contributed by atoms with Crippen molar-refractivity contribution in [2.45, 2.75) is 18.3 Å². The van der Waals surface area contributed by atoms with Gasteiger partial charge >= 0.3 is 11.9 Å². The van der Waals surface area contributed by atoms with Gasteiger partial charge in [-0.2, -0.15) is 0 Å². The molecular formula is C19H18BrNO5S. The molecule has 0 bridgehead atoms. The van der Waals surface area contributed by atoms with Crippen LogP contribution in [0.1, 0.15) is 28.2 Å². The number of aliphatic carboxylic acids is 1. The fourth-order valence-electron chi connectivity index (χ4n) is 2.59. The molecule has 0 spiro atoms. The summed E-state index contributed by atoms with van der Waals surface area (Å²) in [6, 6.07) is 11.6. The van der Waals surface area contributed by atoms with Crippen LogP contribution in [0, 0.1) is 0 Å². The molecule has 1 fully saturated rings. The van der Waals surface area contributed by atoms with Gasteiger partial charge in [-0.05, 0) is 48.9 Å². The third kappa shape index (κ3) is 4.82. The van der Waals surface area contributed by atoms with Crippen molar-refractivity contribution < 1.29 is 24.2 Å². The molecule has 0 amide bonds. The van der Waals surface area contributed by atoms with Crippen molar-refractivity contribution in [1.29, 1.82) is 0 Å². The van der Waals surface area contributed by atoms with Crippen LogP contribution in [0.2, 0.25) is 0 Å². The SMILES string of the molecule is CCOc1cc([C@@H]2N[C@@H](C(=O)O)CS2)ccc1OC(=O)c1ccc(Br)cc1. The van der Waals surface area contributed by atoms with E-state index in [2.05, 4.69) is 21.2 Å². The third-order valence-corrected chi connectivity index (χ3v) is 5.73. The van der Waals surface area contributed by atoms with Crippen LogP contribution in [0.15, 0.2) is 46.9 Å². The summed E-state index contributed by atoms with van der Waals surface area (Å²) in [5.41, 5.74) is 1.30. The van der Waals surface area contributed by atoms with Crippen LogP contribution in [0.4, 0.5) is 0 Å². The Hall–Kier alpha value is -2.03. The van der Waals surface area contributed by atoms with Crippen LogP contribution in [-0.2, 0) is 4.79 Å². The Morgan fingerprint density at radius 1 is 1.22 bits per heavy atom. The minimum absolute atomic E-state index is 0.151. The van der Waals surface area contributed by atoms with Crippen molar-refractivity contribution >= 4 is 39.6 Å². The van der Waals surface area contributed by atoms with Gasteiger partial charge in [-0.1, -0.05) is 22.0 Å². The lowest BCUT2D eigenvalue weighted by molar-refractivity contribution is -0.138. The molecule has 8 heteroatoms. The van der Waals surface area contributed by atoms with Crippen LogP contribution in [0.25, 0.3) is 0 Å². The molecule has 2 N–H and O–H groups in total. The molecule has 0 aromatic heterocycles. The average molecular weight is 452 g/mol. The second kappa shape index (κ2) is 8.77. The van der Waals surface area contributed by atoms with Crippen molar-refractivity contribution in [3.8, 4) is 11.5 Å². The topological polar surface area (TPSA) is 84.9 Å². The highest BCUT2D eigenvalue weighted by atomic mass is 79.9. The molecule has 2 atom stereocenters. The van der Waals surface area contributed by atoms with Crippen molar-refractivity contribution in [2.75, 3.05) is 12.4 Å². The third-order valence-electron chi connectivity index (χ3n) is 3.93. The lowest BCUT2D eigenvalue weighted by atomic mass is 10.1. The maximum Gasteiger partial charge on any atom is 0.343 e. The Bertz CT molecular complexity index is 842. The molecule has 1 heterocycles. The van der Waals surface area contributed by atoms with Gasteiger partial charge in [0, 0.05) is 10.2 Å². The Balaban J connectivity index is 1.78. The van der Waals surface area contributed by atoms with Crippen LogP contribution in [-0.4, -0.2) is 35.4 Å². The van der Waals surface area contributed by atoms with Gasteiger partial charge in [0.1, 0.15) is 6.04 Å². The van der Waals surface area contributed by atoms with Gasteiger partial charge in [0.05, 0.1) is 17.5 Å². The molecule has 0 radical (unpaired) electrons. The molecule has 2 aromatic carbocycles. The molecular weight excluding hydrogens is 434 g/mol. The first-order valence-electron chi connectivity index (χ1n) is 8.33. The molecule has 2 aromatic rings. The van der Waals surface area contributed by atoms with E-state index < -0.39 is 18.0 Å².